The van der Waals surface area contributed by atoms with Gasteiger partial charge in [-0.15, -0.1) is 0 Å². The quantitative estimate of drug-likeness (QED) is 0.865. The second-order valence-electron chi connectivity index (χ2n) is 6.21. The summed E-state index contributed by atoms with van der Waals surface area (Å²) in [7, 11) is 0. The Kier molecular flexibility index (Phi) is 4.51. The van der Waals surface area contributed by atoms with Gasteiger partial charge in [0.25, 0.3) is 0 Å². The molecule has 2 aliphatic rings. The monoisotopic (exact) mass is 274 g/mol. The van der Waals surface area contributed by atoms with E-state index in [1.807, 2.05) is 0 Å². The molecule has 1 N–H and O–H groups in total. The van der Waals surface area contributed by atoms with Crippen LogP contribution >= 0.6 is 0 Å². The molecule has 0 amide bonds. The van der Waals surface area contributed by atoms with Crippen molar-refractivity contribution in [3.63, 3.8) is 0 Å². The van der Waals surface area contributed by atoms with Crippen LogP contribution in [0.4, 0.5) is 5.82 Å². The first kappa shape index (κ1) is 13.8. The summed E-state index contributed by atoms with van der Waals surface area (Å²) in [5.74, 6) is 1.92. The van der Waals surface area contributed by atoms with Gasteiger partial charge in [0, 0.05) is 24.3 Å². The van der Waals surface area contributed by atoms with E-state index in [0.717, 1.165) is 43.7 Å². The Labute approximate surface area is 122 Å². The normalized spacial score (nSPS) is 22.8. The number of nitrogens with zero attached hydrogens (tertiary/aromatic N) is 3. The summed E-state index contributed by atoms with van der Waals surface area (Å²) in [6.07, 6.45) is 9.26. The third kappa shape index (κ3) is 3.48. The van der Waals surface area contributed by atoms with E-state index in [4.69, 9.17) is 0 Å². The topological polar surface area (TPSA) is 41.0 Å². The Morgan fingerprint density at radius 2 is 2.20 bits per heavy atom. The first-order chi connectivity index (χ1) is 9.86. The molecule has 2 heterocycles. The SMILES string of the molecule is CCCc1cc(N(CC2CCCNC2)C2CC2)ncn1. The van der Waals surface area contributed by atoms with Gasteiger partial charge < -0.3 is 10.2 Å². The Bertz CT molecular complexity index is 424. The fraction of sp³-hybridized carbons (Fsp3) is 0.750. The molecule has 0 spiro atoms. The van der Waals surface area contributed by atoms with Gasteiger partial charge in [-0.1, -0.05) is 13.3 Å². The van der Waals surface area contributed by atoms with Crippen molar-refractivity contribution in [3.8, 4) is 0 Å². The van der Waals surface area contributed by atoms with Gasteiger partial charge >= 0.3 is 0 Å². The Hall–Kier alpha value is -1.16. The van der Waals surface area contributed by atoms with Crippen molar-refractivity contribution in [2.75, 3.05) is 24.5 Å². The summed E-state index contributed by atoms with van der Waals surface area (Å²) in [6.45, 7) is 5.71. The molecular formula is C16H26N4. The van der Waals surface area contributed by atoms with Crippen molar-refractivity contribution in [1.29, 1.82) is 0 Å². The summed E-state index contributed by atoms with van der Waals surface area (Å²) in [5.41, 5.74) is 1.19. The van der Waals surface area contributed by atoms with Crippen LogP contribution in [0.15, 0.2) is 12.4 Å². The highest BCUT2D eigenvalue weighted by molar-refractivity contribution is 5.42. The Balaban J connectivity index is 1.70. The zero-order valence-corrected chi connectivity index (χ0v) is 12.5. The molecule has 2 fully saturated rings. The molecule has 0 aromatic carbocycles. The molecule has 1 unspecified atom stereocenters. The molecule has 3 rings (SSSR count). The Morgan fingerprint density at radius 3 is 2.90 bits per heavy atom. The zero-order valence-electron chi connectivity index (χ0n) is 12.5. The summed E-state index contributed by atoms with van der Waals surface area (Å²) in [4.78, 5) is 11.5. The third-order valence-corrected chi connectivity index (χ3v) is 4.35. The standard InChI is InChI=1S/C16H26N4/c1-2-4-14-9-16(19-12-18-14)20(15-6-7-15)11-13-5-3-8-17-10-13/h9,12-13,15,17H,2-8,10-11H2,1H3. The fourth-order valence-electron chi connectivity index (χ4n) is 3.11. The largest absolute Gasteiger partial charge is 0.353 e. The predicted octanol–water partition coefficient (Wildman–Crippen LogP) is 2.40. The van der Waals surface area contributed by atoms with Crippen LogP contribution in [0.1, 0.15) is 44.7 Å². The molecule has 0 bridgehead atoms. The van der Waals surface area contributed by atoms with E-state index in [2.05, 4.69) is 33.2 Å². The van der Waals surface area contributed by atoms with E-state index >= 15 is 0 Å². The van der Waals surface area contributed by atoms with Crippen LogP contribution in [0, 0.1) is 5.92 Å². The Morgan fingerprint density at radius 1 is 1.30 bits per heavy atom. The molecule has 1 aliphatic heterocycles. The molecule has 0 radical (unpaired) electrons. The van der Waals surface area contributed by atoms with Gasteiger partial charge in [0.1, 0.15) is 12.1 Å². The molecule has 1 aromatic heterocycles. The van der Waals surface area contributed by atoms with Gasteiger partial charge in [-0.2, -0.15) is 0 Å². The molecule has 110 valence electrons. The van der Waals surface area contributed by atoms with Crippen LogP contribution in [0.5, 0.6) is 0 Å². The zero-order chi connectivity index (χ0) is 13.8. The lowest BCUT2D eigenvalue weighted by molar-refractivity contribution is 0.375. The van der Waals surface area contributed by atoms with Crippen molar-refractivity contribution in [2.45, 2.75) is 51.5 Å². The minimum Gasteiger partial charge on any atom is -0.353 e. The van der Waals surface area contributed by atoms with Crippen LogP contribution in [-0.2, 0) is 6.42 Å². The molecule has 4 heteroatoms. The highest BCUT2D eigenvalue weighted by Gasteiger charge is 2.32. The number of nitrogens with one attached hydrogen (secondary N) is 1. The van der Waals surface area contributed by atoms with Crippen LogP contribution in [0.25, 0.3) is 0 Å². The maximum absolute atomic E-state index is 4.54. The molecule has 4 nitrogen and oxygen atoms in total. The maximum atomic E-state index is 4.54. The van der Waals surface area contributed by atoms with Crippen molar-refractivity contribution < 1.29 is 0 Å². The van der Waals surface area contributed by atoms with E-state index in [1.54, 1.807) is 6.33 Å². The summed E-state index contributed by atoms with van der Waals surface area (Å²) >= 11 is 0. The van der Waals surface area contributed by atoms with Crippen LogP contribution in [-0.4, -0.2) is 35.6 Å². The maximum Gasteiger partial charge on any atom is 0.132 e. The fourth-order valence-corrected chi connectivity index (χ4v) is 3.11. The van der Waals surface area contributed by atoms with E-state index in [9.17, 15) is 0 Å². The van der Waals surface area contributed by atoms with Crippen LogP contribution in [0.3, 0.4) is 0 Å². The molecule has 1 aromatic rings. The summed E-state index contributed by atoms with van der Waals surface area (Å²) in [5, 5.41) is 3.52. The average molecular weight is 274 g/mol. The molecular weight excluding hydrogens is 248 g/mol. The van der Waals surface area contributed by atoms with Crippen molar-refractivity contribution >= 4 is 5.82 Å². The van der Waals surface area contributed by atoms with Crippen LogP contribution < -0.4 is 10.2 Å². The van der Waals surface area contributed by atoms with E-state index < -0.39 is 0 Å². The molecule has 1 saturated heterocycles. The highest BCUT2D eigenvalue weighted by atomic mass is 15.2. The van der Waals surface area contributed by atoms with Gasteiger partial charge in [0.05, 0.1) is 0 Å². The van der Waals surface area contributed by atoms with E-state index in [1.165, 1.54) is 37.9 Å². The molecule has 1 aliphatic carbocycles. The second-order valence-corrected chi connectivity index (χ2v) is 6.21. The first-order valence-electron chi connectivity index (χ1n) is 8.15. The number of rotatable bonds is 6. The highest BCUT2D eigenvalue weighted by Crippen LogP contribution is 2.32. The molecule has 1 atom stereocenters. The minimum absolute atomic E-state index is 0.723. The van der Waals surface area contributed by atoms with Crippen LogP contribution in [0.2, 0.25) is 0 Å². The van der Waals surface area contributed by atoms with Crippen molar-refractivity contribution in [3.05, 3.63) is 18.1 Å². The van der Waals surface area contributed by atoms with Gasteiger partial charge in [0.15, 0.2) is 0 Å². The number of piperidine rings is 1. The number of anilines is 1. The smallest absolute Gasteiger partial charge is 0.132 e. The lowest BCUT2D eigenvalue weighted by Crippen LogP contribution is -2.39. The summed E-state index contributed by atoms with van der Waals surface area (Å²) in [6, 6.07) is 2.93. The first-order valence-corrected chi connectivity index (χ1v) is 8.15. The van der Waals surface area contributed by atoms with Gasteiger partial charge in [-0.3, -0.25) is 0 Å². The molecule has 20 heavy (non-hydrogen) atoms. The van der Waals surface area contributed by atoms with Crippen molar-refractivity contribution in [2.24, 2.45) is 5.92 Å². The lowest BCUT2D eigenvalue weighted by Gasteiger charge is -2.31. The number of hydrogen-bond acceptors (Lipinski definition) is 4. The van der Waals surface area contributed by atoms with E-state index in [0.29, 0.717) is 0 Å². The van der Waals surface area contributed by atoms with Gasteiger partial charge in [-0.25, -0.2) is 9.97 Å². The van der Waals surface area contributed by atoms with Gasteiger partial charge in [0.2, 0.25) is 0 Å². The number of aromatic nitrogens is 2. The second kappa shape index (κ2) is 6.53. The summed E-state index contributed by atoms with van der Waals surface area (Å²) < 4.78 is 0. The van der Waals surface area contributed by atoms with Gasteiger partial charge in [-0.05, 0) is 51.1 Å². The van der Waals surface area contributed by atoms with E-state index in [-0.39, 0.29) is 0 Å². The number of hydrogen-bond donors (Lipinski definition) is 1. The number of aryl methyl sites for hydroxylation is 1. The predicted molar refractivity (Wildman–Crippen MR) is 82.0 cm³/mol. The third-order valence-electron chi connectivity index (χ3n) is 4.35. The lowest BCUT2D eigenvalue weighted by atomic mass is 9.99. The van der Waals surface area contributed by atoms with Crippen molar-refractivity contribution in [1.82, 2.24) is 15.3 Å². The molecule has 1 saturated carbocycles. The average Bonchev–Trinajstić information content (AvgIpc) is 3.31. The minimum atomic E-state index is 0.723.